The normalized spacial score (nSPS) is 15.2. The van der Waals surface area contributed by atoms with Crippen molar-refractivity contribution < 1.29 is 9.53 Å². The summed E-state index contributed by atoms with van der Waals surface area (Å²) in [4.78, 5) is 19.7. The van der Waals surface area contributed by atoms with Crippen LogP contribution in [0.5, 0.6) is 5.75 Å². The molecule has 1 aliphatic rings. The van der Waals surface area contributed by atoms with Crippen LogP contribution in [0.3, 0.4) is 0 Å². The number of hydrogen-bond donors (Lipinski definition) is 2. The third kappa shape index (κ3) is 6.78. The number of carbonyl (C=O) groups excluding carboxylic acids is 1. The van der Waals surface area contributed by atoms with Gasteiger partial charge in [-0.3, -0.25) is 9.79 Å². The van der Waals surface area contributed by atoms with Gasteiger partial charge in [0.05, 0.1) is 4.88 Å². The van der Waals surface area contributed by atoms with Crippen LogP contribution in [0, 0.1) is 0 Å². The smallest absolute Gasteiger partial charge is 0.261 e. The van der Waals surface area contributed by atoms with Crippen LogP contribution in [0.4, 0.5) is 0 Å². The van der Waals surface area contributed by atoms with E-state index in [4.69, 9.17) is 9.73 Å². The van der Waals surface area contributed by atoms with Gasteiger partial charge in [0.25, 0.3) is 5.91 Å². The molecule has 1 fully saturated rings. The number of likely N-dealkylation sites (tertiary alicyclic amines) is 1. The standard InChI is InChI=1S/C22H30N4O2S/c1-2-23-22(25-14-7-13-24-21(27)20-10-6-17-29-20)26-15-11-19(12-16-26)28-18-8-4-3-5-9-18/h3-6,8-10,17,19H,2,7,11-16H2,1H3,(H,23,25)(H,24,27). The van der Waals surface area contributed by atoms with Crippen LogP contribution in [0.1, 0.15) is 35.9 Å². The Kier molecular flexibility index (Phi) is 8.37. The highest BCUT2D eigenvalue weighted by Gasteiger charge is 2.22. The van der Waals surface area contributed by atoms with E-state index in [1.54, 1.807) is 0 Å². The van der Waals surface area contributed by atoms with Crippen LogP contribution < -0.4 is 15.4 Å². The second kappa shape index (κ2) is 11.5. The van der Waals surface area contributed by atoms with Crippen molar-refractivity contribution in [2.45, 2.75) is 32.3 Å². The van der Waals surface area contributed by atoms with Crippen LogP contribution in [0.15, 0.2) is 52.8 Å². The molecule has 0 atom stereocenters. The van der Waals surface area contributed by atoms with Crippen LogP contribution >= 0.6 is 11.3 Å². The molecule has 3 rings (SSSR count). The summed E-state index contributed by atoms with van der Waals surface area (Å²) in [5.74, 6) is 1.89. The summed E-state index contributed by atoms with van der Waals surface area (Å²) in [6.07, 6.45) is 3.04. The number of aliphatic imine (C=N–C) groups is 1. The molecule has 1 aliphatic heterocycles. The lowest BCUT2D eigenvalue weighted by molar-refractivity contribution is 0.0957. The zero-order valence-corrected chi connectivity index (χ0v) is 17.8. The van der Waals surface area contributed by atoms with Crippen molar-refractivity contribution in [3.05, 3.63) is 52.7 Å². The number of rotatable bonds is 8. The van der Waals surface area contributed by atoms with Crippen LogP contribution in [-0.4, -0.2) is 55.6 Å². The number of carbonyl (C=O) groups is 1. The quantitative estimate of drug-likeness (QED) is 0.395. The fourth-order valence-corrected chi connectivity index (χ4v) is 3.90. The van der Waals surface area contributed by atoms with E-state index in [2.05, 4.69) is 22.5 Å². The third-order valence-corrected chi connectivity index (χ3v) is 5.62. The molecular formula is C22H30N4O2S. The van der Waals surface area contributed by atoms with Gasteiger partial charge in [-0.1, -0.05) is 24.3 Å². The number of guanidine groups is 1. The van der Waals surface area contributed by atoms with E-state index in [0.717, 1.165) is 55.5 Å². The largest absolute Gasteiger partial charge is 0.490 e. The molecule has 1 aromatic heterocycles. The van der Waals surface area contributed by atoms with Gasteiger partial charge in [-0.2, -0.15) is 0 Å². The molecule has 156 valence electrons. The van der Waals surface area contributed by atoms with Crippen molar-refractivity contribution in [1.82, 2.24) is 15.5 Å². The predicted octanol–water partition coefficient (Wildman–Crippen LogP) is 3.38. The molecule has 1 saturated heterocycles. The molecule has 0 spiro atoms. The summed E-state index contributed by atoms with van der Waals surface area (Å²) in [5.41, 5.74) is 0. The number of amides is 1. The molecule has 2 heterocycles. The fraction of sp³-hybridized carbons (Fsp3) is 0.455. The molecule has 1 amide bonds. The molecule has 2 aromatic rings. The topological polar surface area (TPSA) is 66.0 Å². The average Bonchev–Trinajstić information content (AvgIpc) is 3.29. The molecule has 0 aliphatic carbocycles. The van der Waals surface area contributed by atoms with E-state index >= 15 is 0 Å². The Labute approximate surface area is 177 Å². The molecule has 29 heavy (non-hydrogen) atoms. The third-order valence-electron chi connectivity index (χ3n) is 4.75. The number of piperidine rings is 1. The second-order valence-electron chi connectivity index (χ2n) is 6.94. The van der Waals surface area contributed by atoms with Crippen molar-refractivity contribution in [3.63, 3.8) is 0 Å². The van der Waals surface area contributed by atoms with E-state index < -0.39 is 0 Å². The first-order valence-corrected chi connectivity index (χ1v) is 11.2. The van der Waals surface area contributed by atoms with E-state index in [9.17, 15) is 4.79 Å². The predicted molar refractivity (Wildman–Crippen MR) is 119 cm³/mol. The molecule has 2 N–H and O–H groups in total. The van der Waals surface area contributed by atoms with Gasteiger partial charge in [-0.25, -0.2) is 0 Å². The van der Waals surface area contributed by atoms with Crippen molar-refractivity contribution >= 4 is 23.2 Å². The maximum Gasteiger partial charge on any atom is 0.261 e. The minimum atomic E-state index is -0.00336. The molecule has 0 radical (unpaired) electrons. The lowest BCUT2D eigenvalue weighted by Gasteiger charge is -2.34. The zero-order chi connectivity index (χ0) is 20.3. The molecule has 0 bridgehead atoms. The number of para-hydroxylation sites is 1. The van der Waals surface area contributed by atoms with Crippen molar-refractivity contribution in [2.24, 2.45) is 4.99 Å². The summed E-state index contributed by atoms with van der Waals surface area (Å²) >= 11 is 1.46. The molecule has 0 unspecified atom stereocenters. The number of hydrogen-bond acceptors (Lipinski definition) is 4. The van der Waals surface area contributed by atoms with Crippen LogP contribution in [-0.2, 0) is 0 Å². The number of thiophene rings is 1. The number of nitrogens with zero attached hydrogens (tertiary/aromatic N) is 2. The summed E-state index contributed by atoms with van der Waals surface area (Å²) in [6, 6.07) is 13.8. The minimum absolute atomic E-state index is 0.00336. The molecule has 6 nitrogen and oxygen atoms in total. The van der Waals surface area contributed by atoms with Gasteiger partial charge in [0.15, 0.2) is 5.96 Å². The van der Waals surface area contributed by atoms with Gasteiger partial charge in [-0.05, 0) is 36.9 Å². The molecule has 1 aromatic carbocycles. The lowest BCUT2D eigenvalue weighted by atomic mass is 10.1. The number of ether oxygens (including phenoxy) is 1. The van der Waals surface area contributed by atoms with Gasteiger partial charge < -0.3 is 20.3 Å². The monoisotopic (exact) mass is 414 g/mol. The van der Waals surface area contributed by atoms with E-state index in [1.807, 2.05) is 47.8 Å². The van der Waals surface area contributed by atoms with Gasteiger partial charge >= 0.3 is 0 Å². The van der Waals surface area contributed by atoms with Gasteiger partial charge in [0.1, 0.15) is 11.9 Å². The van der Waals surface area contributed by atoms with E-state index in [1.165, 1.54) is 11.3 Å². The van der Waals surface area contributed by atoms with E-state index in [0.29, 0.717) is 13.1 Å². The second-order valence-corrected chi connectivity index (χ2v) is 7.89. The van der Waals surface area contributed by atoms with Gasteiger partial charge in [0.2, 0.25) is 0 Å². The number of benzene rings is 1. The summed E-state index contributed by atoms with van der Waals surface area (Å²) in [6.45, 7) is 6.10. The summed E-state index contributed by atoms with van der Waals surface area (Å²) in [5, 5.41) is 8.25. The van der Waals surface area contributed by atoms with Gasteiger partial charge in [-0.15, -0.1) is 11.3 Å². The first kappa shape index (κ1) is 21.2. The van der Waals surface area contributed by atoms with Crippen molar-refractivity contribution in [1.29, 1.82) is 0 Å². The number of nitrogens with one attached hydrogen (secondary N) is 2. The summed E-state index contributed by atoms with van der Waals surface area (Å²) < 4.78 is 6.08. The first-order valence-electron chi connectivity index (χ1n) is 10.3. The molecular weight excluding hydrogens is 384 g/mol. The van der Waals surface area contributed by atoms with Gasteiger partial charge in [0, 0.05) is 45.6 Å². The highest BCUT2D eigenvalue weighted by Crippen LogP contribution is 2.18. The van der Waals surface area contributed by atoms with E-state index in [-0.39, 0.29) is 12.0 Å². The molecule has 7 heteroatoms. The summed E-state index contributed by atoms with van der Waals surface area (Å²) in [7, 11) is 0. The highest BCUT2D eigenvalue weighted by atomic mass is 32.1. The van der Waals surface area contributed by atoms with Crippen LogP contribution in [0.2, 0.25) is 0 Å². The van der Waals surface area contributed by atoms with Crippen LogP contribution in [0.25, 0.3) is 0 Å². The van der Waals surface area contributed by atoms with Crippen molar-refractivity contribution in [3.8, 4) is 5.75 Å². The SMILES string of the molecule is CCNC(=NCCCNC(=O)c1cccs1)N1CCC(Oc2ccccc2)CC1. The molecule has 0 saturated carbocycles. The Balaban J connectivity index is 1.40. The Morgan fingerprint density at radius 2 is 1.97 bits per heavy atom. The Hall–Kier alpha value is -2.54. The Morgan fingerprint density at radius 1 is 1.17 bits per heavy atom. The lowest BCUT2D eigenvalue weighted by Crippen LogP contribution is -2.47. The maximum absolute atomic E-state index is 11.9. The fourth-order valence-electron chi connectivity index (χ4n) is 3.26. The maximum atomic E-state index is 11.9. The minimum Gasteiger partial charge on any atom is -0.490 e. The Bertz CT molecular complexity index is 756. The Morgan fingerprint density at radius 3 is 2.66 bits per heavy atom. The highest BCUT2D eigenvalue weighted by molar-refractivity contribution is 7.12. The van der Waals surface area contributed by atoms with Crippen molar-refractivity contribution in [2.75, 3.05) is 32.7 Å². The zero-order valence-electron chi connectivity index (χ0n) is 17.0. The first-order chi connectivity index (χ1) is 14.3. The average molecular weight is 415 g/mol.